The number of esters is 2. The summed E-state index contributed by atoms with van der Waals surface area (Å²) in [7, 11) is 2.72. The molecule has 4 saturated heterocycles. The lowest BCUT2D eigenvalue weighted by Crippen LogP contribution is -2.76. The molecule has 2 N–H and O–H groups in total. The van der Waals surface area contributed by atoms with Crippen molar-refractivity contribution in [3.63, 3.8) is 0 Å². The summed E-state index contributed by atoms with van der Waals surface area (Å²) in [6.45, 7) is 9.77. The van der Waals surface area contributed by atoms with E-state index in [1.165, 1.54) is 20.5 Å². The van der Waals surface area contributed by atoms with Gasteiger partial charge in [0, 0.05) is 46.7 Å². The van der Waals surface area contributed by atoms with Crippen LogP contribution >= 0.6 is 0 Å². The van der Waals surface area contributed by atoms with E-state index < -0.39 is 87.3 Å². The number of rotatable bonds is 4. The summed E-state index contributed by atoms with van der Waals surface area (Å²) in [5, 5.41) is 25.3. The van der Waals surface area contributed by atoms with Crippen LogP contribution in [-0.2, 0) is 47.5 Å². The zero-order valence-corrected chi connectivity index (χ0v) is 26.9. The Morgan fingerprint density at radius 3 is 2.56 bits per heavy atom. The Morgan fingerprint density at radius 2 is 1.87 bits per heavy atom. The number of hydrogen-bond acceptors (Lipinski definition) is 12. The summed E-state index contributed by atoms with van der Waals surface area (Å²) in [6.07, 6.45) is 2.45. The molecule has 1 spiro atoms. The number of aliphatic hydroxyl groups is 2. The van der Waals surface area contributed by atoms with Gasteiger partial charge in [-0.3, -0.25) is 0 Å². The molecular weight excluding hydrogens is 588 g/mol. The molecular formula is C33H44O12. The quantitative estimate of drug-likeness (QED) is 0.344. The Kier molecular flexibility index (Phi) is 5.98. The normalized spacial score (nSPS) is 58.2. The molecule has 5 heterocycles. The van der Waals surface area contributed by atoms with Gasteiger partial charge in [0.2, 0.25) is 6.29 Å². The van der Waals surface area contributed by atoms with Crippen LogP contribution in [0, 0.1) is 34.0 Å². The van der Waals surface area contributed by atoms with E-state index in [2.05, 4.69) is 6.92 Å². The molecule has 8 aliphatic rings. The SMILES string of the molecule is C/C=C(\C)C(=O)O[C@@H]1CC[C@]23CO[C@](OC)(C(=O)OC)[C@H]2[C@@]2(C)[C@H](O[C@]4(C)[C@H]5C[C@H](O[C@H]6OC=CC65O)[C@]24O)[C@@H]2OC[C@@]1(C)[C@H]23. The minimum Gasteiger partial charge on any atom is -0.469 e. The van der Waals surface area contributed by atoms with Gasteiger partial charge in [-0.15, -0.1) is 0 Å². The smallest absolute Gasteiger partial charge is 0.366 e. The predicted molar refractivity (Wildman–Crippen MR) is 152 cm³/mol. The zero-order valence-electron chi connectivity index (χ0n) is 26.9. The first-order valence-electron chi connectivity index (χ1n) is 16.0. The van der Waals surface area contributed by atoms with Crippen LogP contribution in [0.3, 0.4) is 0 Å². The number of ether oxygens (including phenoxy) is 8. The van der Waals surface area contributed by atoms with Gasteiger partial charge in [0.15, 0.2) is 5.60 Å². The first-order chi connectivity index (χ1) is 21.2. The second-order valence-electron chi connectivity index (χ2n) is 15.2. The van der Waals surface area contributed by atoms with Crippen LogP contribution < -0.4 is 0 Å². The zero-order chi connectivity index (χ0) is 32.2. The van der Waals surface area contributed by atoms with Crippen molar-refractivity contribution in [1.29, 1.82) is 0 Å². The van der Waals surface area contributed by atoms with E-state index in [-0.39, 0.29) is 25.1 Å². The minimum atomic E-state index is -1.88. The fraction of sp³-hybridized carbons (Fsp3) is 0.818. The van der Waals surface area contributed by atoms with E-state index in [4.69, 9.17) is 37.9 Å². The molecule has 0 radical (unpaired) electrons. The number of allylic oxidation sites excluding steroid dienone is 1. The first-order valence-corrected chi connectivity index (χ1v) is 16.0. The molecule has 12 heteroatoms. The van der Waals surface area contributed by atoms with Crippen LogP contribution in [0.15, 0.2) is 24.0 Å². The average Bonchev–Trinajstić information content (AvgIpc) is 3.77. The second-order valence-corrected chi connectivity index (χ2v) is 15.2. The summed E-state index contributed by atoms with van der Waals surface area (Å²) in [4.78, 5) is 27.0. The van der Waals surface area contributed by atoms with Gasteiger partial charge < -0.3 is 48.1 Å². The van der Waals surface area contributed by atoms with Gasteiger partial charge >= 0.3 is 11.9 Å². The van der Waals surface area contributed by atoms with E-state index in [1.807, 2.05) is 13.8 Å². The van der Waals surface area contributed by atoms with Crippen LogP contribution in [0.2, 0.25) is 0 Å². The van der Waals surface area contributed by atoms with Crippen molar-refractivity contribution in [2.45, 2.75) is 107 Å². The van der Waals surface area contributed by atoms with Crippen LogP contribution in [0.4, 0.5) is 0 Å². The fourth-order valence-corrected chi connectivity index (χ4v) is 12.0. The Balaban J connectivity index is 1.33. The molecule has 3 aliphatic carbocycles. The Bertz CT molecular complexity index is 1410. The number of carbonyl (C=O) groups excluding carboxylic acids is 2. The van der Waals surface area contributed by atoms with Crippen LogP contribution in [0.25, 0.3) is 0 Å². The van der Waals surface area contributed by atoms with Crippen LogP contribution in [0.1, 0.15) is 53.9 Å². The highest BCUT2D eigenvalue weighted by atomic mass is 16.7. The van der Waals surface area contributed by atoms with Crippen molar-refractivity contribution in [1.82, 2.24) is 0 Å². The van der Waals surface area contributed by atoms with Crippen LogP contribution in [0.5, 0.6) is 0 Å². The average molecular weight is 633 g/mol. The van der Waals surface area contributed by atoms with E-state index >= 15 is 0 Å². The van der Waals surface area contributed by atoms with E-state index in [9.17, 15) is 19.8 Å². The maximum atomic E-state index is 13.9. The third-order valence-corrected chi connectivity index (χ3v) is 13.9. The standard InChI is InChI=1S/C33H44O12/c1-8-16(2)23(34)43-18-9-10-30-15-42-32(39-7,25(35)38-6)24(30)28(4)22(20-21(30)27(18,3)14-41-20)45-29(5)17-13-19(33(28,29)37)44-26-31(17,36)11-12-40-26/h8,11-12,17-22,24,26,36-37H,9-10,13-15H2,1-7H3/b16-8+/t17-,18-,19+,20-,21+,22-,24+,26-,27-,28-,29-,30-,31?,32+,33+/m1/s1. The molecule has 8 rings (SSSR count). The molecule has 3 saturated carbocycles. The van der Waals surface area contributed by atoms with Gasteiger partial charge in [-0.05, 0) is 46.1 Å². The summed E-state index contributed by atoms with van der Waals surface area (Å²) in [5.41, 5.74) is -6.81. The fourth-order valence-electron chi connectivity index (χ4n) is 12.0. The molecule has 15 atom stereocenters. The molecule has 1 unspecified atom stereocenters. The molecule has 12 nitrogen and oxygen atoms in total. The van der Waals surface area contributed by atoms with Crippen molar-refractivity contribution in [3.8, 4) is 0 Å². The Hall–Kier alpha value is -2.06. The van der Waals surface area contributed by atoms with Crippen molar-refractivity contribution in [3.05, 3.63) is 24.0 Å². The third kappa shape index (κ3) is 2.98. The molecule has 2 bridgehead atoms. The van der Waals surface area contributed by atoms with Crippen molar-refractivity contribution in [2.75, 3.05) is 27.4 Å². The Labute approximate surface area is 262 Å². The number of carbonyl (C=O) groups is 2. The number of hydrogen-bond donors (Lipinski definition) is 2. The van der Waals surface area contributed by atoms with E-state index in [1.54, 1.807) is 26.0 Å². The van der Waals surface area contributed by atoms with Gasteiger partial charge in [0.25, 0.3) is 5.79 Å². The van der Waals surface area contributed by atoms with E-state index in [0.29, 0.717) is 24.8 Å². The molecule has 5 aliphatic heterocycles. The second kappa shape index (κ2) is 8.89. The molecule has 7 fully saturated rings. The maximum Gasteiger partial charge on any atom is 0.366 e. The first kappa shape index (κ1) is 30.3. The predicted octanol–water partition coefficient (Wildman–Crippen LogP) is 1.76. The molecule has 0 amide bonds. The highest BCUT2D eigenvalue weighted by molar-refractivity contribution is 5.87. The third-order valence-electron chi connectivity index (χ3n) is 13.9. The summed E-state index contributed by atoms with van der Waals surface area (Å²) in [6, 6.07) is 0. The van der Waals surface area contributed by atoms with Gasteiger partial charge in [-0.25, -0.2) is 9.59 Å². The summed E-state index contributed by atoms with van der Waals surface area (Å²) in [5.74, 6) is -4.66. The number of methoxy groups -OCH3 is 2. The Morgan fingerprint density at radius 1 is 1.11 bits per heavy atom. The highest BCUT2D eigenvalue weighted by Gasteiger charge is 2.92. The van der Waals surface area contributed by atoms with Gasteiger partial charge in [0.05, 0.1) is 44.9 Å². The van der Waals surface area contributed by atoms with Crippen molar-refractivity contribution >= 4 is 11.9 Å². The lowest BCUT2D eigenvalue weighted by molar-refractivity contribution is -0.309. The molecule has 45 heavy (non-hydrogen) atoms. The minimum absolute atomic E-state index is 0.137. The monoisotopic (exact) mass is 632 g/mol. The largest absolute Gasteiger partial charge is 0.469 e. The maximum absolute atomic E-state index is 13.9. The van der Waals surface area contributed by atoms with Gasteiger partial charge in [-0.2, -0.15) is 0 Å². The topological polar surface area (TPSA) is 148 Å². The lowest BCUT2D eigenvalue weighted by Gasteiger charge is -2.64. The van der Waals surface area contributed by atoms with E-state index in [0.717, 1.165) is 0 Å². The van der Waals surface area contributed by atoms with Crippen molar-refractivity contribution in [2.24, 2.45) is 34.0 Å². The number of fused-ring (bicyclic) bond motifs is 11. The summed E-state index contributed by atoms with van der Waals surface area (Å²) >= 11 is 0. The molecule has 0 aromatic heterocycles. The van der Waals surface area contributed by atoms with Crippen LogP contribution in [-0.4, -0.2) is 103 Å². The van der Waals surface area contributed by atoms with Gasteiger partial charge in [0.1, 0.15) is 17.3 Å². The van der Waals surface area contributed by atoms with Gasteiger partial charge in [-0.1, -0.05) is 19.9 Å². The molecule has 0 aromatic rings. The molecule has 0 aromatic carbocycles. The molecule has 248 valence electrons. The highest BCUT2D eigenvalue weighted by Crippen LogP contribution is 2.80. The lowest BCUT2D eigenvalue weighted by atomic mass is 9.38. The van der Waals surface area contributed by atoms with Crippen molar-refractivity contribution < 1.29 is 57.7 Å². The summed E-state index contributed by atoms with van der Waals surface area (Å²) < 4.78 is 50.1.